The van der Waals surface area contributed by atoms with E-state index < -0.39 is 5.54 Å². The molecule has 3 heterocycles. The summed E-state index contributed by atoms with van der Waals surface area (Å²) in [6, 6.07) is 13.1. The Kier molecular flexibility index (Phi) is 6.36. The van der Waals surface area contributed by atoms with Gasteiger partial charge in [0.05, 0.1) is 26.0 Å². The first-order chi connectivity index (χ1) is 17.0. The first-order valence-corrected chi connectivity index (χ1v) is 12.4. The maximum absolute atomic E-state index is 13.9. The van der Waals surface area contributed by atoms with E-state index in [-0.39, 0.29) is 30.9 Å². The number of carbonyl (C=O) groups is 2. The van der Waals surface area contributed by atoms with Crippen molar-refractivity contribution in [2.24, 2.45) is 0 Å². The average molecular weight is 477 g/mol. The number of benzene rings is 1. The number of nitrogens with one attached hydrogen (secondary N) is 1. The highest BCUT2D eigenvalue weighted by Crippen LogP contribution is 2.33. The van der Waals surface area contributed by atoms with Gasteiger partial charge in [-0.3, -0.25) is 14.3 Å². The molecule has 2 amide bonds. The number of rotatable bonds is 7. The molecule has 184 valence electrons. The molecule has 1 atom stereocenters. The first kappa shape index (κ1) is 23.2. The molecule has 8 nitrogen and oxygen atoms in total. The summed E-state index contributed by atoms with van der Waals surface area (Å²) in [6.45, 7) is 4.79. The Labute approximate surface area is 205 Å². The molecule has 0 spiro atoms. The van der Waals surface area contributed by atoms with Crippen molar-refractivity contribution >= 4 is 11.8 Å². The molecule has 2 aliphatic rings. The van der Waals surface area contributed by atoms with Gasteiger partial charge in [-0.2, -0.15) is 5.10 Å². The first-order valence-electron chi connectivity index (χ1n) is 12.4. The Bertz CT molecular complexity index is 1200. The summed E-state index contributed by atoms with van der Waals surface area (Å²) in [4.78, 5) is 29.4. The highest BCUT2D eigenvalue weighted by Gasteiger charge is 2.48. The number of nitrogens with zero attached hydrogens (tertiary/aromatic N) is 3. The van der Waals surface area contributed by atoms with Crippen LogP contribution in [0.4, 0.5) is 0 Å². The van der Waals surface area contributed by atoms with E-state index in [9.17, 15) is 9.59 Å². The van der Waals surface area contributed by atoms with E-state index in [2.05, 4.69) is 10.4 Å². The van der Waals surface area contributed by atoms with Crippen molar-refractivity contribution in [1.82, 2.24) is 20.0 Å². The minimum atomic E-state index is -1.12. The number of fused-ring (bicyclic) bond motifs is 1. The van der Waals surface area contributed by atoms with E-state index in [1.165, 1.54) is 6.42 Å². The molecule has 0 bridgehead atoms. The summed E-state index contributed by atoms with van der Waals surface area (Å²) in [5.41, 5.74) is 0.754. The van der Waals surface area contributed by atoms with Gasteiger partial charge in [-0.25, -0.2) is 0 Å². The van der Waals surface area contributed by atoms with E-state index in [4.69, 9.17) is 9.15 Å². The summed E-state index contributed by atoms with van der Waals surface area (Å²) in [7, 11) is 0. The van der Waals surface area contributed by atoms with Gasteiger partial charge in [0, 0.05) is 17.7 Å². The van der Waals surface area contributed by atoms with Gasteiger partial charge < -0.3 is 19.4 Å². The second-order valence-corrected chi connectivity index (χ2v) is 9.56. The van der Waals surface area contributed by atoms with Gasteiger partial charge in [-0.15, -0.1) is 0 Å². The van der Waals surface area contributed by atoms with Crippen LogP contribution in [0.1, 0.15) is 62.0 Å². The molecule has 0 saturated heterocycles. The fraction of sp³-hybridized carbons (Fsp3) is 0.444. The van der Waals surface area contributed by atoms with Gasteiger partial charge in [0.15, 0.2) is 5.76 Å². The van der Waals surface area contributed by atoms with Crippen LogP contribution < -0.4 is 10.1 Å². The minimum Gasteiger partial charge on any atom is -0.494 e. The summed E-state index contributed by atoms with van der Waals surface area (Å²) in [5.74, 6) is 0.913. The molecular formula is C27H32N4O4. The summed E-state index contributed by atoms with van der Waals surface area (Å²) in [5, 5.41) is 7.87. The number of amides is 2. The quantitative estimate of drug-likeness (QED) is 0.546. The van der Waals surface area contributed by atoms with Crippen LogP contribution in [0.25, 0.3) is 11.5 Å². The Balaban J connectivity index is 1.52. The van der Waals surface area contributed by atoms with E-state index in [1.54, 1.807) is 28.0 Å². The lowest BCUT2D eigenvalue weighted by atomic mass is 9.91. The van der Waals surface area contributed by atoms with Crippen molar-refractivity contribution in [2.45, 2.75) is 70.6 Å². The predicted molar refractivity (Wildman–Crippen MR) is 131 cm³/mol. The van der Waals surface area contributed by atoms with Crippen molar-refractivity contribution < 1.29 is 18.7 Å². The van der Waals surface area contributed by atoms with Gasteiger partial charge in [-0.05, 0) is 44.9 Å². The van der Waals surface area contributed by atoms with Crippen LogP contribution in [0.15, 0.2) is 53.1 Å². The van der Waals surface area contributed by atoms with Gasteiger partial charge >= 0.3 is 0 Å². The lowest BCUT2D eigenvalue weighted by Gasteiger charge is -2.44. The van der Waals surface area contributed by atoms with Crippen molar-refractivity contribution in [1.29, 1.82) is 0 Å². The lowest BCUT2D eigenvalue weighted by Crippen LogP contribution is -2.64. The molecule has 35 heavy (non-hydrogen) atoms. The van der Waals surface area contributed by atoms with Crippen molar-refractivity contribution in [2.75, 3.05) is 6.61 Å². The molecule has 1 fully saturated rings. The zero-order valence-electron chi connectivity index (χ0n) is 20.3. The van der Waals surface area contributed by atoms with Crippen LogP contribution in [0.5, 0.6) is 5.75 Å². The van der Waals surface area contributed by atoms with Crippen LogP contribution >= 0.6 is 0 Å². The number of para-hydroxylation sites is 1. The molecule has 3 aromatic rings. The van der Waals surface area contributed by atoms with Crippen LogP contribution in [0.2, 0.25) is 0 Å². The maximum atomic E-state index is 13.9. The third-order valence-electron chi connectivity index (χ3n) is 7.10. The minimum absolute atomic E-state index is 0.137. The molecule has 1 aliphatic carbocycles. The van der Waals surface area contributed by atoms with Gasteiger partial charge in [0.25, 0.3) is 5.91 Å². The highest BCUT2D eigenvalue weighted by molar-refractivity contribution is 6.00. The number of ether oxygens (including phenoxy) is 1. The van der Waals surface area contributed by atoms with Crippen molar-refractivity contribution in [3.63, 3.8) is 0 Å². The van der Waals surface area contributed by atoms with Crippen molar-refractivity contribution in [3.8, 4) is 17.2 Å². The Hall–Kier alpha value is -3.55. The van der Waals surface area contributed by atoms with E-state index in [1.807, 2.05) is 44.2 Å². The molecule has 2 aromatic heterocycles. The molecule has 1 N–H and O–H groups in total. The van der Waals surface area contributed by atoms with E-state index in [0.29, 0.717) is 29.5 Å². The summed E-state index contributed by atoms with van der Waals surface area (Å²) >= 11 is 0. The maximum Gasteiger partial charge on any atom is 0.273 e. The lowest BCUT2D eigenvalue weighted by molar-refractivity contribution is -0.134. The number of hydrogen-bond donors (Lipinski definition) is 1. The van der Waals surface area contributed by atoms with Crippen molar-refractivity contribution in [3.05, 3.63) is 60.0 Å². The Morgan fingerprint density at radius 3 is 2.74 bits per heavy atom. The number of aromatic nitrogens is 2. The molecule has 1 saturated carbocycles. The topological polar surface area (TPSA) is 89.6 Å². The zero-order valence-corrected chi connectivity index (χ0v) is 20.3. The molecule has 0 radical (unpaired) electrons. The molecule has 1 aromatic carbocycles. The fourth-order valence-corrected chi connectivity index (χ4v) is 5.12. The van der Waals surface area contributed by atoms with Gasteiger partial charge in [0.1, 0.15) is 22.7 Å². The van der Waals surface area contributed by atoms with Gasteiger partial charge in [0.2, 0.25) is 5.91 Å². The molecule has 5 rings (SSSR count). The smallest absolute Gasteiger partial charge is 0.273 e. The molecular weight excluding hydrogens is 444 g/mol. The third kappa shape index (κ3) is 4.45. The largest absolute Gasteiger partial charge is 0.494 e. The monoisotopic (exact) mass is 476 g/mol. The predicted octanol–water partition coefficient (Wildman–Crippen LogP) is 4.41. The van der Waals surface area contributed by atoms with E-state index in [0.717, 1.165) is 31.2 Å². The second kappa shape index (κ2) is 9.60. The van der Waals surface area contributed by atoms with Gasteiger partial charge in [-0.1, -0.05) is 37.5 Å². The van der Waals surface area contributed by atoms with Crippen LogP contribution in [0, 0.1) is 0 Å². The number of furan rings is 1. The average Bonchev–Trinajstić information content (AvgIpc) is 3.54. The molecule has 0 unspecified atom stereocenters. The molecule has 8 heteroatoms. The standard InChI is InChI=1S/C27H32N4O4/c1-3-34-23-13-8-7-10-19(23)17-30-25(32)22-16-21(24-14-9-15-35-24)29-31(22)18-27(30,2)26(33)28-20-11-5-4-6-12-20/h7-10,13-16,20H,3-6,11-12,17-18H2,1-2H3,(H,28,33)/t27-/m1/s1. The Morgan fingerprint density at radius 2 is 2.00 bits per heavy atom. The number of carbonyl (C=O) groups excluding carboxylic acids is 2. The molecule has 1 aliphatic heterocycles. The summed E-state index contributed by atoms with van der Waals surface area (Å²) in [6.07, 6.45) is 6.95. The number of hydrogen-bond acceptors (Lipinski definition) is 5. The Morgan fingerprint density at radius 1 is 1.20 bits per heavy atom. The van der Waals surface area contributed by atoms with Crippen LogP contribution in [-0.2, 0) is 17.9 Å². The fourth-order valence-electron chi connectivity index (χ4n) is 5.12. The highest BCUT2D eigenvalue weighted by atomic mass is 16.5. The normalized spacial score (nSPS) is 20.5. The van der Waals surface area contributed by atoms with Crippen LogP contribution in [0.3, 0.4) is 0 Å². The SMILES string of the molecule is CCOc1ccccc1CN1C(=O)c2cc(-c3ccco3)nn2C[C@]1(C)C(=O)NC1CCCCC1. The van der Waals surface area contributed by atoms with Crippen LogP contribution in [-0.4, -0.2) is 44.7 Å². The zero-order chi connectivity index (χ0) is 24.4. The second-order valence-electron chi connectivity index (χ2n) is 9.56. The van der Waals surface area contributed by atoms with E-state index >= 15 is 0 Å². The summed E-state index contributed by atoms with van der Waals surface area (Å²) < 4.78 is 13.0. The third-order valence-corrected chi connectivity index (χ3v) is 7.10.